The topological polar surface area (TPSA) is 81.3 Å². The summed E-state index contributed by atoms with van der Waals surface area (Å²) in [4.78, 5) is 2.72. The number of hydrogen-bond acceptors (Lipinski definition) is 4. The first-order valence-electron chi connectivity index (χ1n) is 9.64. The third kappa shape index (κ3) is 12.4. The summed E-state index contributed by atoms with van der Waals surface area (Å²) in [5, 5.41) is 0. The van der Waals surface area contributed by atoms with Gasteiger partial charge in [-0.1, -0.05) is 32.6 Å². The SMILES string of the molecule is CCCCCC(CCCN)N(CCCCN)CCCCCN. The molecule has 0 rings (SSSR count). The molecular formula is C18H42N4. The molecule has 4 nitrogen and oxygen atoms in total. The summed E-state index contributed by atoms with van der Waals surface area (Å²) >= 11 is 0. The average molecular weight is 315 g/mol. The van der Waals surface area contributed by atoms with Crippen LogP contribution in [-0.2, 0) is 0 Å². The van der Waals surface area contributed by atoms with Gasteiger partial charge in [-0.3, -0.25) is 0 Å². The Hall–Kier alpha value is -0.160. The van der Waals surface area contributed by atoms with E-state index in [1.807, 2.05) is 0 Å². The van der Waals surface area contributed by atoms with E-state index in [0.29, 0.717) is 6.04 Å². The predicted octanol–water partition coefficient (Wildman–Crippen LogP) is 2.84. The molecule has 134 valence electrons. The molecule has 1 unspecified atom stereocenters. The summed E-state index contributed by atoms with van der Waals surface area (Å²) < 4.78 is 0. The zero-order valence-electron chi connectivity index (χ0n) is 15.1. The third-order valence-electron chi connectivity index (χ3n) is 4.45. The molecule has 0 aromatic carbocycles. The van der Waals surface area contributed by atoms with Gasteiger partial charge in [0.2, 0.25) is 0 Å². The number of hydrogen-bond donors (Lipinski definition) is 3. The highest BCUT2D eigenvalue weighted by atomic mass is 15.1. The van der Waals surface area contributed by atoms with Crippen LogP contribution in [0.25, 0.3) is 0 Å². The zero-order valence-corrected chi connectivity index (χ0v) is 15.1. The summed E-state index contributed by atoms with van der Waals surface area (Å²) in [5.74, 6) is 0. The van der Waals surface area contributed by atoms with Crippen molar-refractivity contribution in [1.82, 2.24) is 4.90 Å². The van der Waals surface area contributed by atoms with Crippen LogP contribution in [0.5, 0.6) is 0 Å². The van der Waals surface area contributed by atoms with Crippen molar-refractivity contribution in [2.75, 3.05) is 32.7 Å². The van der Waals surface area contributed by atoms with E-state index in [2.05, 4.69) is 11.8 Å². The van der Waals surface area contributed by atoms with E-state index in [-0.39, 0.29) is 0 Å². The van der Waals surface area contributed by atoms with Gasteiger partial charge in [-0.25, -0.2) is 0 Å². The molecule has 22 heavy (non-hydrogen) atoms. The Kier molecular flexibility index (Phi) is 17.1. The molecule has 0 amide bonds. The molecule has 6 N–H and O–H groups in total. The Morgan fingerprint density at radius 1 is 0.636 bits per heavy atom. The predicted molar refractivity (Wildman–Crippen MR) is 99.0 cm³/mol. The van der Waals surface area contributed by atoms with Gasteiger partial charge in [0.15, 0.2) is 0 Å². The molecule has 1 atom stereocenters. The second-order valence-corrected chi connectivity index (χ2v) is 6.46. The molecule has 0 aromatic heterocycles. The standard InChI is InChI=1S/C18H42N4/c1-2-3-5-11-18(12-10-15-21)22(17-9-7-14-20)16-8-4-6-13-19/h18H,2-17,19-21H2,1H3. The second kappa shape index (κ2) is 17.2. The van der Waals surface area contributed by atoms with Crippen LogP contribution in [0.4, 0.5) is 0 Å². The van der Waals surface area contributed by atoms with Crippen molar-refractivity contribution < 1.29 is 0 Å². The molecule has 0 spiro atoms. The Bertz CT molecular complexity index is 211. The van der Waals surface area contributed by atoms with Gasteiger partial charge in [-0.05, 0) is 77.7 Å². The fraction of sp³-hybridized carbons (Fsp3) is 1.00. The molecule has 0 aliphatic heterocycles. The van der Waals surface area contributed by atoms with Crippen LogP contribution < -0.4 is 17.2 Å². The number of rotatable bonds is 17. The summed E-state index contributed by atoms with van der Waals surface area (Å²) in [6.45, 7) is 7.13. The zero-order chi connectivity index (χ0) is 16.5. The second-order valence-electron chi connectivity index (χ2n) is 6.46. The molecule has 0 radical (unpaired) electrons. The van der Waals surface area contributed by atoms with E-state index in [9.17, 15) is 0 Å². The van der Waals surface area contributed by atoms with Crippen LogP contribution >= 0.6 is 0 Å². The normalized spacial score (nSPS) is 13.0. The molecule has 0 saturated carbocycles. The highest BCUT2D eigenvalue weighted by molar-refractivity contribution is 4.73. The van der Waals surface area contributed by atoms with Crippen LogP contribution in [0.3, 0.4) is 0 Å². The summed E-state index contributed by atoms with van der Waals surface area (Å²) in [6, 6.07) is 0.714. The van der Waals surface area contributed by atoms with Gasteiger partial charge < -0.3 is 22.1 Å². The maximum Gasteiger partial charge on any atom is 0.00957 e. The van der Waals surface area contributed by atoms with E-state index in [1.54, 1.807) is 0 Å². The first-order valence-corrected chi connectivity index (χ1v) is 9.64. The van der Waals surface area contributed by atoms with Crippen molar-refractivity contribution in [3.8, 4) is 0 Å². The Morgan fingerprint density at radius 3 is 1.77 bits per heavy atom. The molecular weight excluding hydrogens is 272 g/mol. The van der Waals surface area contributed by atoms with E-state index < -0.39 is 0 Å². The molecule has 0 aromatic rings. The van der Waals surface area contributed by atoms with Gasteiger partial charge in [0, 0.05) is 6.04 Å². The minimum absolute atomic E-state index is 0.714. The number of nitrogens with zero attached hydrogens (tertiary/aromatic N) is 1. The Balaban J connectivity index is 4.38. The van der Waals surface area contributed by atoms with Crippen molar-refractivity contribution in [1.29, 1.82) is 0 Å². The lowest BCUT2D eigenvalue weighted by Crippen LogP contribution is -2.37. The summed E-state index contributed by atoms with van der Waals surface area (Å²) in [7, 11) is 0. The smallest absolute Gasteiger partial charge is 0.00957 e. The molecule has 0 aliphatic rings. The molecule has 0 aliphatic carbocycles. The maximum atomic E-state index is 5.74. The fourth-order valence-electron chi connectivity index (χ4n) is 3.07. The van der Waals surface area contributed by atoms with Crippen molar-refractivity contribution >= 4 is 0 Å². The molecule has 0 fully saturated rings. The largest absolute Gasteiger partial charge is 0.330 e. The summed E-state index contributed by atoms with van der Waals surface area (Å²) in [5.41, 5.74) is 17.0. The van der Waals surface area contributed by atoms with E-state index in [0.717, 1.165) is 38.9 Å². The van der Waals surface area contributed by atoms with E-state index in [4.69, 9.17) is 17.2 Å². The van der Waals surface area contributed by atoms with Gasteiger partial charge in [-0.2, -0.15) is 0 Å². The van der Waals surface area contributed by atoms with E-state index >= 15 is 0 Å². The van der Waals surface area contributed by atoms with Crippen molar-refractivity contribution in [2.24, 2.45) is 17.2 Å². The molecule has 0 saturated heterocycles. The lowest BCUT2D eigenvalue weighted by Gasteiger charge is -2.32. The number of unbranched alkanes of at least 4 members (excludes halogenated alkanes) is 5. The Morgan fingerprint density at radius 2 is 1.18 bits per heavy atom. The van der Waals surface area contributed by atoms with Gasteiger partial charge in [0.05, 0.1) is 0 Å². The Labute approximate surface area is 139 Å². The van der Waals surface area contributed by atoms with Crippen LogP contribution in [0.2, 0.25) is 0 Å². The van der Waals surface area contributed by atoms with Gasteiger partial charge in [0.25, 0.3) is 0 Å². The minimum atomic E-state index is 0.714. The van der Waals surface area contributed by atoms with Crippen molar-refractivity contribution in [3.63, 3.8) is 0 Å². The minimum Gasteiger partial charge on any atom is -0.330 e. The van der Waals surface area contributed by atoms with Crippen LogP contribution in [0.1, 0.15) is 77.6 Å². The van der Waals surface area contributed by atoms with Crippen molar-refractivity contribution in [3.05, 3.63) is 0 Å². The lowest BCUT2D eigenvalue weighted by molar-refractivity contribution is 0.166. The van der Waals surface area contributed by atoms with Gasteiger partial charge >= 0.3 is 0 Å². The highest BCUT2D eigenvalue weighted by Gasteiger charge is 2.17. The quantitative estimate of drug-likeness (QED) is 0.361. The molecule has 4 heteroatoms. The third-order valence-corrected chi connectivity index (χ3v) is 4.45. The maximum absolute atomic E-state index is 5.74. The van der Waals surface area contributed by atoms with Crippen molar-refractivity contribution in [2.45, 2.75) is 83.6 Å². The van der Waals surface area contributed by atoms with Gasteiger partial charge in [0.1, 0.15) is 0 Å². The van der Waals surface area contributed by atoms with E-state index in [1.165, 1.54) is 64.5 Å². The summed E-state index contributed by atoms with van der Waals surface area (Å²) in [6.07, 6.45) is 13.8. The van der Waals surface area contributed by atoms with Crippen LogP contribution in [0.15, 0.2) is 0 Å². The molecule has 0 heterocycles. The fourth-order valence-corrected chi connectivity index (χ4v) is 3.07. The number of nitrogens with two attached hydrogens (primary N) is 3. The highest BCUT2D eigenvalue weighted by Crippen LogP contribution is 2.17. The van der Waals surface area contributed by atoms with Gasteiger partial charge in [-0.15, -0.1) is 0 Å². The lowest BCUT2D eigenvalue weighted by atomic mass is 10.0. The molecule has 0 bridgehead atoms. The van der Waals surface area contributed by atoms with Crippen LogP contribution in [0, 0.1) is 0 Å². The first-order chi connectivity index (χ1) is 10.8. The first kappa shape index (κ1) is 21.8. The average Bonchev–Trinajstić information content (AvgIpc) is 2.53. The monoisotopic (exact) mass is 314 g/mol. The van der Waals surface area contributed by atoms with Crippen LogP contribution in [-0.4, -0.2) is 43.7 Å².